The van der Waals surface area contributed by atoms with Gasteiger partial charge in [-0.1, -0.05) is 43.0 Å². The normalized spacial score (nSPS) is 10.6. The number of ether oxygens (including phenoxy) is 1. The zero-order valence-corrected chi connectivity index (χ0v) is 15.0. The van der Waals surface area contributed by atoms with Crippen molar-refractivity contribution in [2.75, 3.05) is 0 Å². The molecule has 0 saturated carbocycles. The summed E-state index contributed by atoms with van der Waals surface area (Å²) in [5, 5.41) is 0. The van der Waals surface area contributed by atoms with Crippen molar-refractivity contribution in [2.45, 2.75) is 0 Å². The fourth-order valence-electron chi connectivity index (χ4n) is 2.45. The Morgan fingerprint density at radius 1 is 0.786 bits per heavy atom. The van der Waals surface area contributed by atoms with Gasteiger partial charge in [-0.05, 0) is 65.7 Å². The minimum absolute atomic E-state index is 0.224. The fraction of sp³-hybridized carbons (Fsp3) is 0. The summed E-state index contributed by atoms with van der Waals surface area (Å²) in [6, 6.07) is 19.1. The molecular weight excluding hydrogens is 355 g/mol. The van der Waals surface area contributed by atoms with Gasteiger partial charge in [0.1, 0.15) is 11.6 Å². The maximum Gasteiger partial charge on any atom is 0.343 e. The van der Waals surface area contributed by atoms with Gasteiger partial charge in [0.15, 0.2) is 5.78 Å². The van der Waals surface area contributed by atoms with Gasteiger partial charge in [-0.2, -0.15) is 0 Å². The summed E-state index contributed by atoms with van der Waals surface area (Å²) in [5.41, 5.74) is 2.54. The molecule has 3 nitrogen and oxygen atoms in total. The minimum atomic E-state index is -0.453. The first kappa shape index (κ1) is 19.0. The molecule has 0 fully saturated rings. The molecule has 28 heavy (non-hydrogen) atoms. The van der Waals surface area contributed by atoms with Crippen LogP contribution in [-0.2, 0) is 0 Å². The smallest absolute Gasteiger partial charge is 0.343 e. The second-order valence-electron chi connectivity index (χ2n) is 5.99. The number of halogens is 1. The Bertz CT molecular complexity index is 1010. The first-order valence-corrected chi connectivity index (χ1v) is 8.58. The van der Waals surface area contributed by atoms with Crippen molar-refractivity contribution >= 4 is 23.9 Å². The van der Waals surface area contributed by atoms with Crippen molar-refractivity contribution in [1.29, 1.82) is 0 Å². The summed E-state index contributed by atoms with van der Waals surface area (Å²) in [6.07, 6.45) is 4.75. The summed E-state index contributed by atoms with van der Waals surface area (Å²) in [7, 11) is 0. The van der Waals surface area contributed by atoms with Crippen LogP contribution in [0.4, 0.5) is 4.39 Å². The van der Waals surface area contributed by atoms with Gasteiger partial charge in [0.25, 0.3) is 0 Å². The van der Waals surface area contributed by atoms with Crippen LogP contribution in [0, 0.1) is 5.82 Å². The van der Waals surface area contributed by atoms with Crippen molar-refractivity contribution in [1.82, 2.24) is 0 Å². The van der Waals surface area contributed by atoms with E-state index in [9.17, 15) is 14.0 Å². The number of rotatable bonds is 6. The van der Waals surface area contributed by atoms with Crippen molar-refractivity contribution < 1.29 is 18.7 Å². The first-order valence-electron chi connectivity index (χ1n) is 8.58. The Morgan fingerprint density at radius 2 is 1.36 bits per heavy atom. The van der Waals surface area contributed by atoms with Gasteiger partial charge in [0.05, 0.1) is 5.56 Å². The third-order valence-corrected chi connectivity index (χ3v) is 4.03. The van der Waals surface area contributed by atoms with Crippen LogP contribution >= 0.6 is 0 Å². The molecule has 0 aliphatic carbocycles. The lowest BCUT2D eigenvalue weighted by molar-refractivity contribution is 0.0734. The standard InChI is InChI=1S/C24H17FO3/c1-2-17-3-8-20(9-4-17)24(27)28-22-14-5-18(6-15-22)7-16-23(26)19-10-12-21(25)13-11-19/h2-16H,1H2. The minimum Gasteiger partial charge on any atom is -0.423 e. The Hall–Kier alpha value is -3.79. The molecule has 3 aromatic carbocycles. The van der Waals surface area contributed by atoms with Gasteiger partial charge in [-0.3, -0.25) is 4.79 Å². The van der Waals surface area contributed by atoms with E-state index in [1.807, 2.05) is 0 Å². The zero-order chi connectivity index (χ0) is 19.9. The molecule has 138 valence electrons. The van der Waals surface area contributed by atoms with Crippen LogP contribution in [-0.4, -0.2) is 11.8 Å². The van der Waals surface area contributed by atoms with E-state index in [-0.39, 0.29) is 11.6 Å². The van der Waals surface area contributed by atoms with E-state index >= 15 is 0 Å². The highest BCUT2D eigenvalue weighted by atomic mass is 19.1. The molecule has 0 N–H and O–H groups in total. The summed E-state index contributed by atoms with van der Waals surface area (Å²) in [5.74, 6) is -0.661. The molecule has 0 unspecified atom stereocenters. The molecule has 0 bridgehead atoms. The largest absolute Gasteiger partial charge is 0.423 e. The van der Waals surface area contributed by atoms with Crippen molar-refractivity contribution in [3.05, 3.63) is 114 Å². The van der Waals surface area contributed by atoms with Crippen LogP contribution < -0.4 is 4.74 Å². The van der Waals surface area contributed by atoms with Gasteiger partial charge in [0, 0.05) is 5.56 Å². The molecule has 3 aromatic rings. The van der Waals surface area contributed by atoms with Gasteiger partial charge in [-0.25, -0.2) is 9.18 Å². The SMILES string of the molecule is C=Cc1ccc(C(=O)Oc2ccc(C=CC(=O)c3ccc(F)cc3)cc2)cc1. The van der Waals surface area contributed by atoms with E-state index in [1.165, 1.54) is 30.3 Å². The monoisotopic (exact) mass is 372 g/mol. The first-order chi connectivity index (χ1) is 13.5. The Kier molecular flexibility index (Phi) is 5.92. The predicted octanol–water partition coefficient (Wildman–Crippen LogP) is 5.58. The molecule has 0 heterocycles. The maximum absolute atomic E-state index is 12.9. The highest BCUT2D eigenvalue weighted by molar-refractivity contribution is 6.06. The lowest BCUT2D eigenvalue weighted by Crippen LogP contribution is -2.08. The number of esters is 1. The second kappa shape index (κ2) is 8.73. The number of allylic oxidation sites excluding steroid dienone is 1. The molecule has 0 spiro atoms. The number of benzene rings is 3. The van der Waals surface area contributed by atoms with Crippen LogP contribution in [0.2, 0.25) is 0 Å². The third-order valence-electron chi connectivity index (χ3n) is 4.03. The molecule has 0 aliphatic rings. The number of hydrogen-bond donors (Lipinski definition) is 0. The van der Waals surface area contributed by atoms with Gasteiger partial charge in [0.2, 0.25) is 0 Å². The molecule has 0 saturated heterocycles. The third kappa shape index (κ3) is 4.89. The van der Waals surface area contributed by atoms with E-state index in [1.54, 1.807) is 60.7 Å². The summed E-state index contributed by atoms with van der Waals surface area (Å²) in [4.78, 5) is 24.2. The summed E-state index contributed by atoms with van der Waals surface area (Å²) < 4.78 is 18.2. The number of ketones is 1. The molecule has 0 amide bonds. The molecule has 4 heteroatoms. The Balaban J connectivity index is 1.62. The number of carbonyl (C=O) groups excluding carboxylic acids is 2. The van der Waals surface area contributed by atoms with E-state index < -0.39 is 5.97 Å². The average molecular weight is 372 g/mol. The molecule has 3 rings (SSSR count). The lowest BCUT2D eigenvalue weighted by Gasteiger charge is -2.05. The fourth-order valence-corrected chi connectivity index (χ4v) is 2.45. The molecule has 0 radical (unpaired) electrons. The average Bonchev–Trinajstić information content (AvgIpc) is 2.73. The predicted molar refractivity (Wildman–Crippen MR) is 108 cm³/mol. The number of carbonyl (C=O) groups is 2. The summed E-state index contributed by atoms with van der Waals surface area (Å²) in [6.45, 7) is 3.67. The molecule has 0 atom stereocenters. The van der Waals surface area contributed by atoms with Crippen LogP contribution in [0.1, 0.15) is 31.8 Å². The van der Waals surface area contributed by atoms with Gasteiger partial charge in [-0.15, -0.1) is 0 Å². The highest BCUT2D eigenvalue weighted by Gasteiger charge is 2.08. The Morgan fingerprint density at radius 3 is 1.96 bits per heavy atom. The van der Waals surface area contributed by atoms with E-state index in [2.05, 4.69) is 6.58 Å². The van der Waals surface area contributed by atoms with E-state index in [0.717, 1.165) is 11.1 Å². The highest BCUT2D eigenvalue weighted by Crippen LogP contribution is 2.16. The van der Waals surface area contributed by atoms with Crippen LogP contribution in [0.15, 0.2) is 85.5 Å². The maximum atomic E-state index is 12.9. The van der Waals surface area contributed by atoms with E-state index in [0.29, 0.717) is 16.9 Å². The quantitative estimate of drug-likeness (QED) is 0.245. The topological polar surface area (TPSA) is 43.4 Å². The molecule has 0 aliphatic heterocycles. The van der Waals surface area contributed by atoms with Crippen molar-refractivity contribution in [3.63, 3.8) is 0 Å². The van der Waals surface area contributed by atoms with Gasteiger partial charge < -0.3 is 4.74 Å². The Labute approximate surface area is 162 Å². The van der Waals surface area contributed by atoms with Crippen molar-refractivity contribution in [2.24, 2.45) is 0 Å². The van der Waals surface area contributed by atoms with Crippen molar-refractivity contribution in [3.8, 4) is 5.75 Å². The van der Waals surface area contributed by atoms with Crippen LogP contribution in [0.3, 0.4) is 0 Å². The second-order valence-corrected chi connectivity index (χ2v) is 5.99. The molecule has 0 aromatic heterocycles. The van der Waals surface area contributed by atoms with Gasteiger partial charge >= 0.3 is 5.97 Å². The molecular formula is C24H17FO3. The van der Waals surface area contributed by atoms with Crippen LogP contribution in [0.25, 0.3) is 12.2 Å². The zero-order valence-electron chi connectivity index (χ0n) is 15.0. The number of hydrogen-bond acceptors (Lipinski definition) is 3. The van der Waals surface area contributed by atoms with Crippen LogP contribution in [0.5, 0.6) is 5.75 Å². The lowest BCUT2D eigenvalue weighted by atomic mass is 10.1. The van der Waals surface area contributed by atoms with E-state index in [4.69, 9.17) is 4.74 Å². The summed E-state index contributed by atoms with van der Waals surface area (Å²) >= 11 is 0.